The molecule has 2 rings (SSSR count). The van der Waals surface area contributed by atoms with Crippen molar-refractivity contribution in [3.8, 4) is 5.75 Å². The van der Waals surface area contributed by atoms with Gasteiger partial charge in [0.15, 0.2) is 0 Å². The van der Waals surface area contributed by atoms with Crippen LogP contribution >= 0.6 is 0 Å². The zero-order valence-corrected chi connectivity index (χ0v) is 14.2. The lowest BCUT2D eigenvalue weighted by molar-refractivity contribution is -0.121. The molecule has 0 saturated carbocycles. The van der Waals surface area contributed by atoms with Crippen LogP contribution in [0.3, 0.4) is 0 Å². The molecule has 0 aliphatic carbocycles. The van der Waals surface area contributed by atoms with Gasteiger partial charge in [-0.25, -0.2) is 0 Å². The van der Waals surface area contributed by atoms with Crippen LogP contribution in [0.25, 0.3) is 0 Å². The maximum absolute atomic E-state index is 12.0. The molecule has 2 aromatic rings. The summed E-state index contributed by atoms with van der Waals surface area (Å²) in [6.45, 7) is 6.39. The van der Waals surface area contributed by atoms with E-state index in [0.717, 1.165) is 17.0 Å². The van der Waals surface area contributed by atoms with Crippen molar-refractivity contribution in [2.24, 2.45) is 7.05 Å². The number of hydrogen-bond donors (Lipinski definition) is 1. The van der Waals surface area contributed by atoms with Crippen LogP contribution in [-0.4, -0.2) is 33.3 Å². The summed E-state index contributed by atoms with van der Waals surface area (Å²) in [4.78, 5) is 16.0. The Bertz CT molecular complexity index is 652. The topological polar surface area (TPSA) is 69.0 Å². The highest BCUT2D eigenvalue weighted by Gasteiger charge is 2.12. The predicted molar refractivity (Wildman–Crippen MR) is 88.3 cm³/mol. The van der Waals surface area contributed by atoms with Crippen LogP contribution in [0.4, 0.5) is 0 Å². The minimum atomic E-state index is -0.106. The molecule has 0 aliphatic rings. The van der Waals surface area contributed by atoms with Gasteiger partial charge in [-0.2, -0.15) is 5.10 Å². The molecule has 0 radical (unpaired) electrons. The molecule has 0 aliphatic heterocycles. The van der Waals surface area contributed by atoms with E-state index in [9.17, 15) is 4.79 Å². The minimum Gasteiger partial charge on any atom is -0.487 e. The molecule has 2 aromatic heterocycles. The highest BCUT2D eigenvalue weighted by Crippen LogP contribution is 2.14. The van der Waals surface area contributed by atoms with Gasteiger partial charge in [0, 0.05) is 25.4 Å². The van der Waals surface area contributed by atoms with E-state index in [1.54, 1.807) is 12.4 Å². The molecule has 1 amide bonds. The van der Waals surface area contributed by atoms with Crippen molar-refractivity contribution in [2.45, 2.75) is 39.7 Å². The van der Waals surface area contributed by atoms with Crippen LogP contribution in [-0.2, 0) is 18.3 Å². The largest absolute Gasteiger partial charge is 0.487 e. The summed E-state index contributed by atoms with van der Waals surface area (Å²) in [6.07, 6.45) is 4.40. The maximum Gasteiger partial charge on any atom is 0.220 e. The fourth-order valence-corrected chi connectivity index (χ4v) is 2.45. The van der Waals surface area contributed by atoms with Crippen molar-refractivity contribution >= 4 is 5.91 Å². The molecule has 0 aromatic carbocycles. The SMILES string of the molecule is Cc1nn(C)c(C)c1CCC(=O)NCC(C)Oc1cccnc1. The molecular weight excluding hydrogens is 292 g/mol. The van der Waals surface area contributed by atoms with E-state index in [2.05, 4.69) is 15.4 Å². The first kappa shape index (κ1) is 17.0. The van der Waals surface area contributed by atoms with Crippen LogP contribution in [0.5, 0.6) is 5.75 Å². The van der Waals surface area contributed by atoms with Gasteiger partial charge in [-0.05, 0) is 44.9 Å². The summed E-state index contributed by atoms with van der Waals surface area (Å²) in [5, 5.41) is 7.28. The first-order valence-corrected chi connectivity index (χ1v) is 7.80. The first-order valence-electron chi connectivity index (χ1n) is 7.80. The Hall–Kier alpha value is -2.37. The molecule has 23 heavy (non-hydrogen) atoms. The number of nitrogens with one attached hydrogen (secondary N) is 1. The maximum atomic E-state index is 12.0. The highest BCUT2D eigenvalue weighted by atomic mass is 16.5. The highest BCUT2D eigenvalue weighted by molar-refractivity contribution is 5.76. The van der Waals surface area contributed by atoms with Gasteiger partial charge in [-0.3, -0.25) is 14.5 Å². The van der Waals surface area contributed by atoms with Crippen LogP contribution in [0, 0.1) is 13.8 Å². The van der Waals surface area contributed by atoms with Gasteiger partial charge in [-0.1, -0.05) is 0 Å². The zero-order valence-electron chi connectivity index (χ0n) is 14.2. The lowest BCUT2D eigenvalue weighted by Crippen LogP contribution is -2.33. The molecule has 0 fully saturated rings. The third kappa shape index (κ3) is 4.81. The van der Waals surface area contributed by atoms with Gasteiger partial charge < -0.3 is 10.1 Å². The summed E-state index contributed by atoms with van der Waals surface area (Å²) in [5.41, 5.74) is 3.26. The number of pyridine rings is 1. The number of aromatic nitrogens is 3. The van der Waals surface area contributed by atoms with Gasteiger partial charge in [0.05, 0.1) is 18.4 Å². The summed E-state index contributed by atoms with van der Waals surface area (Å²) in [5.74, 6) is 0.727. The molecule has 2 heterocycles. The standard InChI is InChI=1S/C17H24N4O2/c1-12(23-15-6-5-9-18-11-15)10-19-17(22)8-7-16-13(2)20-21(4)14(16)3/h5-6,9,11-12H,7-8,10H2,1-4H3,(H,19,22). The fraction of sp³-hybridized carbons (Fsp3) is 0.471. The van der Waals surface area contributed by atoms with E-state index in [4.69, 9.17) is 4.74 Å². The third-order valence-electron chi connectivity index (χ3n) is 3.82. The number of amides is 1. The number of carbonyl (C=O) groups is 1. The monoisotopic (exact) mass is 316 g/mol. The van der Waals surface area contributed by atoms with Crippen molar-refractivity contribution in [2.75, 3.05) is 6.54 Å². The number of ether oxygens (including phenoxy) is 1. The molecule has 6 nitrogen and oxygen atoms in total. The summed E-state index contributed by atoms with van der Waals surface area (Å²) in [6, 6.07) is 3.67. The fourth-order valence-electron chi connectivity index (χ4n) is 2.45. The molecule has 0 bridgehead atoms. The van der Waals surface area contributed by atoms with Crippen molar-refractivity contribution in [1.82, 2.24) is 20.1 Å². The Morgan fingerprint density at radius 2 is 2.22 bits per heavy atom. The van der Waals surface area contributed by atoms with Crippen molar-refractivity contribution in [3.05, 3.63) is 41.5 Å². The van der Waals surface area contributed by atoms with Crippen LogP contribution < -0.4 is 10.1 Å². The predicted octanol–water partition coefficient (Wildman–Crippen LogP) is 1.95. The second-order valence-electron chi connectivity index (χ2n) is 5.69. The summed E-state index contributed by atoms with van der Waals surface area (Å²) < 4.78 is 7.53. The van der Waals surface area contributed by atoms with Gasteiger partial charge >= 0.3 is 0 Å². The van der Waals surface area contributed by atoms with Crippen LogP contribution in [0.2, 0.25) is 0 Å². The quantitative estimate of drug-likeness (QED) is 0.847. The van der Waals surface area contributed by atoms with E-state index >= 15 is 0 Å². The molecule has 1 N–H and O–H groups in total. The van der Waals surface area contributed by atoms with E-state index in [0.29, 0.717) is 25.1 Å². The van der Waals surface area contributed by atoms with Gasteiger partial charge in [0.25, 0.3) is 0 Å². The average Bonchev–Trinajstić information content (AvgIpc) is 2.77. The molecule has 0 saturated heterocycles. The normalized spacial score (nSPS) is 12.0. The number of aryl methyl sites for hydroxylation is 2. The zero-order chi connectivity index (χ0) is 16.8. The van der Waals surface area contributed by atoms with Crippen molar-refractivity contribution < 1.29 is 9.53 Å². The number of rotatable bonds is 7. The lowest BCUT2D eigenvalue weighted by atomic mass is 10.1. The smallest absolute Gasteiger partial charge is 0.220 e. The van der Waals surface area contributed by atoms with Crippen molar-refractivity contribution in [1.29, 1.82) is 0 Å². The van der Waals surface area contributed by atoms with E-state index in [-0.39, 0.29) is 12.0 Å². The molecule has 1 atom stereocenters. The van der Waals surface area contributed by atoms with Crippen LogP contribution in [0.15, 0.2) is 24.5 Å². The van der Waals surface area contributed by atoms with Crippen molar-refractivity contribution in [3.63, 3.8) is 0 Å². The van der Waals surface area contributed by atoms with E-state index in [1.807, 2.05) is 44.6 Å². The first-order chi connectivity index (χ1) is 11.0. The molecule has 124 valence electrons. The Morgan fingerprint density at radius 3 is 2.83 bits per heavy atom. The summed E-state index contributed by atoms with van der Waals surface area (Å²) >= 11 is 0. The summed E-state index contributed by atoms with van der Waals surface area (Å²) in [7, 11) is 1.92. The van der Waals surface area contributed by atoms with Gasteiger partial charge in [0.1, 0.15) is 11.9 Å². The van der Waals surface area contributed by atoms with Crippen LogP contribution in [0.1, 0.15) is 30.3 Å². The minimum absolute atomic E-state index is 0.0225. The van der Waals surface area contributed by atoms with E-state index in [1.165, 1.54) is 0 Å². The molecular formula is C17H24N4O2. The molecule has 0 spiro atoms. The Balaban J connectivity index is 1.74. The van der Waals surface area contributed by atoms with Gasteiger partial charge in [-0.15, -0.1) is 0 Å². The second kappa shape index (κ2) is 7.76. The Kier molecular flexibility index (Phi) is 5.73. The Labute approximate surface area is 136 Å². The van der Waals surface area contributed by atoms with E-state index < -0.39 is 0 Å². The average molecular weight is 316 g/mol. The molecule has 1 unspecified atom stereocenters. The number of nitrogens with zero attached hydrogens (tertiary/aromatic N) is 3. The lowest BCUT2D eigenvalue weighted by Gasteiger charge is -2.15. The Morgan fingerprint density at radius 1 is 1.43 bits per heavy atom. The number of carbonyl (C=O) groups excluding carboxylic acids is 1. The third-order valence-corrected chi connectivity index (χ3v) is 3.82. The number of hydrogen-bond acceptors (Lipinski definition) is 4. The molecule has 6 heteroatoms. The van der Waals surface area contributed by atoms with Gasteiger partial charge in [0.2, 0.25) is 5.91 Å². The second-order valence-corrected chi connectivity index (χ2v) is 5.69.